The zero-order chi connectivity index (χ0) is 24.2. The summed E-state index contributed by atoms with van der Waals surface area (Å²) in [4.78, 5) is 11.8. The van der Waals surface area contributed by atoms with E-state index >= 15 is 0 Å². The fraction of sp³-hybridized carbons (Fsp3) is 0.500. The van der Waals surface area contributed by atoms with Gasteiger partial charge in [0.05, 0.1) is 41.8 Å². The number of piperidine rings is 1. The first-order valence-electron chi connectivity index (χ1n) is 11.7. The van der Waals surface area contributed by atoms with Gasteiger partial charge in [0.15, 0.2) is 11.5 Å². The average molecular weight is 465 g/mol. The SMILES string of the molecule is COc1ccc2c(c1)nc(N)n1nc([C@@H]3CCCN(c4cnn(C(C)C(C)(C)O)c4C)C3)nc21. The van der Waals surface area contributed by atoms with E-state index < -0.39 is 5.60 Å². The summed E-state index contributed by atoms with van der Waals surface area (Å²) in [6, 6.07) is 5.57. The first-order chi connectivity index (χ1) is 16.2. The van der Waals surface area contributed by atoms with Crippen LogP contribution in [0.15, 0.2) is 24.4 Å². The minimum atomic E-state index is -0.861. The summed E-state index contributed by atoms with van der Waals surface area (Å²) in [5.74, 6) is 1.97. The zero-order valence-electron chi connectivity index (χ0n) is 20.4. The Kier molecular flexibility index (Phi) is 5.35. The van der Waals surface area contributed by atoms with Gasteiger partial charge in [-0.1, -0.05) is 0 Å². The monoisotopic (exact) mass is 464 g/mol. The third-order valence-electron chi connectivity index (χ3n) is 7.06. The number of nitrogens with two attached hydrogens (primary N) is 1. The number of hydrogen-bond acceptors (Lipinski definition) is 8. The highest BCUT2D eigenvalue weighted by atomic mass is 16.5. The molecule has 0 aliphatic carbocycles. The van der Waals surface area contributed by atoms with Gasteiger partial charge in [0.2, 0.25) is 5.95 Å². The summed E-state index contributed by atoms with van der Waals surface area (Å²) < 4.78 is 8.87. The molecule has 1 aliphatic heterocycles. The van der Waals surface area contributed by atoms with Crippen molar-refractivity contribution in [3.63, 3.8) is 0 Å². The van der Waals surface area contributed by atoms with Gasteiger partial charge in [-0.3, -0.25) is 4.68 Å². The van der Waals surface area contributed by atoms with Crippen LogP contribution in [0.3, 0.4) is 0 Å². The van der Waals surface area contributed by atoms with Gasteiger partial charge in [0.1, 0.15) is 5.75 Å². The molecule has 0 amide bonds. The second-order valence-electron chi connectivity index (χ2n) is 9.73. The highest BCUT2D eigenvalue weighted by molar-refractivity contribution is 5.93. The highest BCUT2D eigenvalue weighted by Crippen LogP contribution is 2.33. The Bertz CT molecular complexity index is 1350. The van der Waals surface area contributed by atoms with Gasteiger partial charge in [0, 0.05) is 30.5 Å². The van der Waals surface area contributed by atoms with E-state index in [9.17, 15) is 5.11 Å². The smallest absolute Gasteiger partial charge is 0.223 e. The van der Waals surface area contributed by atoms with E-state index in [4.69, 9.17) is 20.6 Å². The normalized spacial score (nSPS) is 18.1. The maximum atomic E-state index is 10.5. The molecule has 3 N–H and O–H groups in total. The van der Waals surface area contributed by atoms with Crippen molar-refractivity contribution in [2.45, 2.75) is 58.1 Å². The fourth-order valence-corrected chi connectivity index (χ4v) is 4.75. The molecule has 0 saturated carbocycles. The Morgan fingerprint density at radius 3 is 2.79 bits per heavy atom. The second kappa shape index (κ2) is 8.12. The van der Waals surface area contributed by atoms with Crippen LogP contribution in [0.4, 0.5) is 11.6 Å². The van der Waals surface area contributed by atoms with E-state index in [1.165, 1.54) is 0 Å². The third kappa shape index (κ3) is 3.71. The number of fused-ring (bicyclic) bond motifs is 3. The van der Waals surface area contributed by atoms with Crippen LogP contribution in [-0.2, 0) is 0 Å². The molecule has 4 heterocycles. The van der Waals surface area contributed by atoms with E-state index in [2.05, 4.69) is 21.9 Å². The zero-order valence-corrected chi connectivity index (χ0v) is 20.4. The average Bonchev–Trinajstić information content (AvgIpc) is 3.42. The number of methoxy groups -OCH3 is 1. The molecule has 1 aromatic carbocycles. The number of nitrogen functional groups attached to an aromatic ring is 1. The number of rotatable bonds is 5. The molecule has 5 rings (SSSR count). The van der Waals surface area contributed by atoms with Crippen molar-refractivity contribution in [2.24, 2.45) is 0 Å². The molecule has 3 aromatic heterocycles. The maximum Gasteiger partial charge on any atom is 0.223 e. The van der Waals surface area contributed by atoms with Crippen LogP contribution >= 0.6 is 0 Å². The number of ether oxygens (including phenoxy) is 1. The van der Waals surface area contributed by atoms with Crippen molar-refractivity contribution in [3.8, 4) is 5.75 Å². The van der Waals surface area contributed by atoms with Crippen molar-refractivity contribution in [1.82, 2.24) is 29.4 Å². The van der Waals surface area contributed by atoms with Gasteiger partial charge in [-0.05, 0) is 52.7 Å². The van der Waals surface area contributed by atoms with Crippen LogP contribution in [0.1, 0.15) is 57.1 Å². The summed E-state index contributed by atoms with van der Waals surface area (Å²) in [5.41, 5.74) is 8.94. The van der Waals surface area contributed by atoms with Crippen molar-refractivity contribution >= 4 is 28.2 Å². The molecule has 1 saturated heterocycles. The lowest BCUT2D eigenvalue weighted by atomic mass is 9.97. The maximum absolute atomic E-state index is 10.5. The first kappa shape index (κ1) is 22.4. The Labute approximate surface area is 198 Å². The molecule has 0 bridgehead atoms. The molecule has 0 radical (unpaired) electrons. The highest BCUT2D eigenvalue weighted by Gasteiger charge is 2.30. The van der Waals surface area contributed by atoms with E-state index in [1.54, 1.807) is 11.6 Å². The molecule has 10 nitrogen and oxygen atoms in total. The standard InChI is InChI=1S/C24H32N8O2/c1-14-20(12-26-31(14)15(2)24(3,4)33)30-10-6-7-16(13-30)21-28-22-18-9-8-17(34-5)11-19(18)27-23(25)32(22)29-21/h8-9,11-12,15-16,33H,6-7,10,13H2,1-5H3,(H2,25,27)/t15?,16-/m1/s1. The molecular formula is C24H32N8O2. The molecule has 1 fully saturated rings. The summed E-state index contributed by atoms with van der Waals surface area (Å²) in [7, 11) is 1.63. The summed E-state index contributed by atoms with van der Waals surface area (Å²) in [5, 5.41) is 20.7. The van der Waals surface area contributed by atoms with Gasteiger partial charge < -0.3 is 20.5 Å². The number of aromatic nitrogens is 6. The molecule has 34 heavy (non-hydrogen) atoms. The van der Waals surface area contributed by atoms with Gasteiger partial charge in [-0.15, -0.1) is 5.10 Å². The lowest BCUT2D eigenvalue weighted by Gasteiger charge is -2.33. The number of hydrogen-bond donors (Lipinski definition) is 2. The van der Waals surface area contributed by atoms with Crippen molar-refractivity contribution in [2.75, 3.05) is 30.8 Å². The number of benzene rings is 1. The topological polar surface area (TPSA) is 120 Å². The van der Waals surface area contributed by atoms with Crippen LogP contribution in [0.5, 0.6) is 5.75 Å². The quantitative estimate of drug-likeness (QED) is 0.462. The molecule has 10 heteroatoms. The Morgan fingerprint density at radius 2 is 2.06 bits per heavy atom. The lowest BCUT2D eigenvalue weighted by molar-refractivity contribution is 0.0250. The van der Waals surface area contributed by atoms with Gasteiger partial charge in [0.25, 0.3) is 0 Å². The Hall–Kier alpha value is -3.40. The molecule has 1 unspecified atom stereocenters. The minimum Gasteiger partial charge on any atom is -0.497 e. The number of anilines is 2. The van der Waals surface area contributed by atoms with Crippen molar-refractivity contribution in [3.05, 3.63) is 35.9 Å². The second-order valence-corrected chi connectivity index (χ2v) is 9.73. The molecule has 180 valence electrons. The molecule has 2 atom stereocenters. The van der Waals surface area contributed by atoms with Crippen LogP contribution in [0.2, 0.25) is 0 Å². The van der Waals surface area contributed by atoms with Crippen LogP contribution in [-0.4, -0.2) is 60.3 Å². The van der Waals surface area contributed by atoms with Crippen LogP contribution < -0.4 is 15.4 Å². The minimum absolute atomic E-state index is 0.135. The first-order valence-corrected chi connectivity index (χ1v) is 11.7. The van der Waals surface area contributed by atoms with Crippen molar-refractivity contribution in [1.29, 1.82) is 0 Å². The summed E-state index contributed by atoms with van der Waals surface area (Å²) >= 11 is 0. The molecule has 1 aliphatic rings. The fourth-order valence-electron chi connectivity index (χ4n) is 4.75. The summed E-state index contributed by atoms with van der Waals surface area (Å²) in [6.07, 6.45) is 3.93. The van der Waals surface area contributed by atoms with Crippen LogP contribution in [0.25, 0.3) is 16.6 Å². The molecular weight excluding hydrogens is 432 g/mol. The predicted octanol–water partition coefficient (Wildman–Crippen LogP) is 3.09. The number of aliphatic hydroxyl groups is 1. The largest absolute Gasteiger partial charge is 0.497 e. The van der Waals surface area contributed by atoms with Gasteiger partial charge in [-0.25, -0.2) is 9.97 Å². The van der Waals surface area contributed by atoms with E-state index in [0.717, 1.165) is 59.8 Å². The Morgan fingerprint density at radius 1 is 1.26 bits per heavy atom. The Balaban J connectivity index is 1.46. The van der Waals surface area contributed by atoms with E-state index in [-0.39, 0.29) is 12.0 Å². The lowest BCUT2D eigenvalue weighted by Crippen LogP contribution is -2.35. The molecule has 0 spiro atoms. The third-order valence-corrected chi connectivity index (χ3v) is 7.06. The van der Waals surface area contributed by atoms with Crippen LogP contribution in [0, 0.1) is 6.92 Å². The van der Waals surface area contributed by atoms with E-state index in [0.29, 0.717) is 11.6 Å². The van der Waals surface area contributed by atoms with Gasteiger partial charge >= 0.3 is 0 Å². The molecule has 4 aromatic rings. The van der Waals surface area contributed by atoms with Gasteiger partial charge in [-0.2, -0.15) is 9.61 Å². The van der Waals surface area contributed by atoms with E-state index in [1.807, 2.05) is 49.8 Å². The number of nitrogens with zero attached hydrogens (tertiary/aromatic N) is 7. The summed E-state index contributed by atoms with van der Waals surface area (Å²) in [6.45, 7) is 9.40. The predicted molar refractivity (Wildman–Crippen MR) is 131 cm³/mol. The van der Waals surface area contributed by atoms with Crippen molar-refractivity contribution < 1.29 is 9.84 Å².